The molecule has 0 saturated heterocycles. The molecular weight excluding hydrogens is 663 g/mol. The first-order chi connectivity index (χ1) is 27.3. The van der Waals surface area contributed by atoms with Gasteiger partial charge in [0.1, 0.15) is 0 Å². The average Bonchev–Trinajstić information content (AvgIpc) is 3.27. The number of rotatable bonds is 7. The molecule has 258 valence electrons. The van der Waals surface area contributed by atoms with Crippen LogP contribution in [0.25, 0.3) is 76.8 Å². The molecule has 0 saturated carbocycles. The minimum atomic E-state index is 1.10. The Bertz CT molecular complexity index is 2940. The van der Waals surface area contributed by atoms with E-state index in [2.05, 4.69) is 229 Å². The highest BCUT2D eigenvalue weighted by Crippen LogP contribution is 2.45. The zero-order chi connectivity index (χ0) is 36.6. The highest BCUT2D eigenvalue weighted by molar-refractivity contribution is 6.14. The lowest BCUT2D eigenvalue weighted by Gasteiger charge is -2.29. The Morgan fingerprint density at radius 3 is 1.47 bits per heavy atom. The van der Waals surface area contributed by atoms with Crippen molar-refractivity contribution in [3.63, 3.8) is 0 Å². The molecule has 10 aromatic rings. The Morgan fingerprint density at radius 2 is 0.727 bits per heavy atom. The van der Waals surface area contributed by atoms with Crippen molar-refractivity contribution in [3.05, 3.63) is 224 Å². The van der Waals surface area contributed by atoms with Crippen LogP contribution in [0.4, 0.5) is 17.1 Å². The summed E-state index contributed by atoms with van der Waals surface area (Å²) in [7, 11) is 0. The lowest BCUT2D eigenvalue weighted by molar-refractivity contribution is 1.30. The second-order valence-corrected chi connectivity index (χ2v) is 14.1. The summed E-state index contributed by atoms with van der Waals surface area (Å²) in [5.41, 5.74) is 13.0. The summed E-state index contributed by atoms with van der Waals surface area (Å²) in [6.07, 6.45) is 0. The predicted octanol–water partition coefficient (Wildman–Crippen LogP) is 15.3. The van der Waals surface area contributed by atoms with Crippen LogP contribution < -0.4 is 4.90 Å². The third-order valence-electron chi connectivity index (χ3n) is 10.9. The smallest absolute Gasteiger partial charge is 0.0546 e. The summed E-state index contributed by atoms with van der Waals surface area (Å²) in [5, 5.41) is 7.43. The molecule has 0 radical (unpaired) electrons. The van der Waals surface area contributed by atoms with E-state index in [1.165, 1.54) is 76.8 Å². The molecule has 0 aliphatic carbocycles. The normalized spacial score (nSPS) is 11.3. The first kappa shape index (κ1) is 32.4. The number of hydrogen-bond acceptors (Lipinski definition) is 1. The number of benzene rings is 10. The van der Waals surface area contributed by atoms with Crippen molar-refractivity contribution in [2.45, 2.75) is 0 Å². The molecule has 0 atom stereocenters. The van der Waals surface area contributed by atoms with Gasteiger partial charge < -0.3 is 4.90 Å². The van der Waals surface area contributed by atoms with Crippen LogP contribution in [0.15, 0.2) is 224 Å². The number of hydrogen-bond donors (Lipinski definition) is 0. The monoisotopic (exact) mass is 699 g/mol. The van der Waals surface area contributed by atoms with E-state index in [-0.39, 0.29) is 0 Å². The van der Waals surface area contributed by atoms with E-state index < -0.39 is 0 Å². The summed E-state index contributed by atoms with van der Waals surface area (Å²) in [5.74, 6) is 0. The van der Waals surface area contributed by atoms with Gasteiger partial charge in [-0.15, -0.1) is 0 Å². The van der Waals surface area contributed by atoms with E-state index in [0.29, 0.717) is 0 Å². The van der Waals surface area contributed by atoms with Gasteiger partial charge in [0.15, 0.2) is 0 Å². The summed E-state index contributed by atoms with van der Waals surface area (Å²) in [4.78, 5) is 2.44. The van der Waals surface area contributed by atoms with E-state index >= 15 is 0 Å². The van der Waals surface area contributed by atoms with Crippen LogP contribution in [0, 0.1) is 0 Å². The number of anilines is 3. The minimum Gasteiger partial charge on any atom is -0.310 e. The van der Waals surface area contributed by atoms with E-state index in [4.69, 9.17) is 0 Å². The molecular formula is C54H37N. The topological polar surface area (TPSA) is 3.24 Å². The zero-order valence-electron chi connectivity index (χ0n) is 30.3. The van der Waals surface area contributed by atoms with Gasteiger partial charge in [-0.25, -0.2) is 0 Å². The third-order valence-corrected chi connectivity index (χ3v) is 10.9. The maximum absolute atomic E-state index is 2.44. The molecule has 0 bridgehead atoms. The lowest BCUT2D eigenvalue weighted by Crippen LogP contribution is -2.11. The molecule has 0 unspecified atom stereocenters. The molecule has 55 heavy (non-hydrogen) atoms. The number of nitrogens with zero attached hydrogens (tertiary/aromatic N) is 1. The molecule has 10 aromatic carbocycles. The molecule has 0 aliphatic heterocycles. The standard InChI is InChI=1S/C54H37N/c1-3-14-38(15-4-1)39-26-28-42(29-27-39)50-35-34-46(37-53(50)41-16-5-2-6-17-41)55(54-36-44-19-8-10-22-49(44)51-23-11-12-24-52(51)54)45-32-30-43(31-33-45)48-25-13-20-40-18-7-9-21-47(40)48/h1-37H. The fourth-order valence-corrected chi connectivity index (χ4v) is 8.17. The molecule has 0 fully saturated rings. The first-order valence-corrected chi connectivity index (χ1v) is 18.9. The lowest BCUT2D eigenvalue weighted by atomic mass is 9.92. The van der Waals surface area contributed by atoms with Crippen molar-refractivity contribution >= 4 is 49.4 Å². The molecule has 0 spiro atoms. The Hall–Kier alpha value is -7.22. The molecule has 1 heteroatoms. The van der Waals surface area contributed by atoms with E-state index in [1.807, 2.05) is 0 Å². The third kappa shape index (κ3) is 6.02. The van der Waals surface area contributed by atoms with Crippen molar-refractivity contribution in [1.29, 1.82) is 0 Å². The minimum absolute atomic E-state index is 1.10. The van der Waals surface area contributed by atoms with Gasteiger partial charge in [0.25, 0.3) is 0 Å². The maximum Gasteiger partial charge on any atom is 0.0546 e. The molecule has 0 N–H and O–H groups in total. The van der Waals surface area contributed by atoms with Gasteiger partial charge in [-0.2, -0.15) is 0 Å². The second-order valence-electron chi connectivity index (χ2n) is 14.1. The van der Waals surface area contributed by atoms with Crippen LogP contribution in [-0.2, 0) is 0 Å². The highest BCUT2D eigenvalue weighted by Gasteiger charge is 2.20. The quantitative estimate of drug-likeness (QED) is 0.150. The van der Waals surface area contributed by atoms with Crippen molar-refractivity contribution in [2.24, 2.45) is 0 Å². The first-order valence-electron chi connectivity index (χ1n) is 18.9. The van der Waals surface area contributed by atoms with Crippen molar-refractivity contribution in [3.8, 4) is 44.5 Å². The zero-order valence-corrected chi connectivity index (χ0v) is 30.3. The highest BCUT2D eigenvalue weighted by atomic mass is 15.1. The van der Waals surface area contributed by atoms with Crippen LogP contribution in [0.1, 0.15) is 0 Å². The van der Waals surface area contributed by atoms with Crippen molar-refractivity contribution in [2.75, 3.05) is 4.90 Å². The Balaban J connectivity index is 1.17. The van der Waals surface area contributed by atoms with E-state index in [1.54, 1.807) is 0 Å². The Morgan fingerprint density at radius 1 is 0.236 bits per heavy atom. The van der Waals surface area contributed by atoms with Crippen LogP contribution >= 0.6 is 0 Å². The predicted molar refractivity (Wildman–Crippen MR) is 235 cm³/mol. The van der Waals surface area contributed by atoms with Gasteiger partial charge in [-0.3, -0.25) is 0 Å². The van der Waals surface area contributed by atoms with Gasteiger partial charge in [0, 0.05) is 16.8 Å². The molecule has 0 aromatic heterocycles. The summed E-state index contributed by atoms with van der Waals surface area (Å²) in [6.45, 7) is 0. The Labute approximate surface area is 322 Å². The van der Waals surface area contributed by atoms with Gasteiger partial charge in [-0.1, -0.05) is 194 Å². The molecule has 1 nitrogen and oxygen atoms in total. The fraction of sp³-hybridized carbons (Fsp3) is 0. The van der Waals surface area contributed by atoms with Gasteiger partial charge in [0.2, 0.25) is 0 Å². The van der Waals surface area contributed by atoms with Crippen molar-refractivity contribution in [1.82, 2.24) is 0 Å². The average molecular weight is 700 g/mol. The molecule has 0 amide bonds. The van der Waals surface area contributed by atoms with Gasteiger partial charge in [-0.05, 0) is 102 Å². The van der Waals surface area contributed by atoms with E-state index in [9.17, 15) is 0 Å². The number of fused-ring (bicyclic) bond motifs is 4. The van der Waals surface area contributed by atoms with Gasteiger partial charge in [0.05, 0.1) is 5.69 Å². The summed E-state index contributed by atoms with van der Waals surface area (Å²) in [6, 6.07) is 81.5. The van der Waals surface area contributed by atoms with Crippen LogP contribution in [-0.4, -0.2) is 0 Å². The van der Waals surface area contributed by atoms with Crippen molar-refractivity contribution < 1.29 is 0 Å². The summed E-state index contributed by atoms with van der Waals surface area (Å²) < 4.78 is 0. The van der Waals surface area contributed by atoms with Crippen LogP contribution in [0.5, 0.6) is 0 Å². The summed E-state index contributed by atoms with van der Waals surface area (Å²) >= 11 is 0. The molecule has 10 rings (SSSR count). The van der Waals surface area contributed by atoms with E-state index in [0.717, 1.165) is 17.1 Å². The molecule has 0 heterocycles. The SMILES string of the molecule is c1ccc(-c2ccc(-c3ccc(N(c4ccc(-c5cccc6ccccc56)cc4)c4cc5ccccc5c5ccccc45)cc3-c3ccccc3)cc2)cc1. The fourth-order valence-electron chi connectivity index (χ4n) is 8.17. The Kier molecular flexibility index (Phi) is 8.24. The van der Waals surface area contributed by atoms with Gasteiger partial charge >= 0.3 is 0 Å². The molecule has 0 aliphatic rings. The second kappa shape index (κ2) is 14.0. The maximum atomic E-state index is 2.44. The largest absolute Gasteiger partial charge is 0.310 e. The van der Waals surface area contributed by atoms with Crippen LogP contribution in [0.2, 0.25) is 0 Å². The van der Waals surface area contributed by atoms with Crippen LogP contribution in [0.3, 0.4) is 0 Å².